The Morgan fingerprint density at radius 1 is 1.29 bits per heavy atom. The summed E-state index contributed by atoms with van der Waals surface area (Å²) in [6.07, 6.45) is 0. The van der Waals surface area contributed by atoms with Crippen LogP contribution < -0.4 is 10.0 Å². The minimum atomic E-state index is -3.67. The van der Waals surface area contributed by atoms with E-state index < -0.39 is 10.0 Å². The number of halogens is 1. The third-order valence-corrected chi connectivity index (χ3v) is 5.13. The van der Waals surface area contributed by atoms with E-state index in [1.807, 2.05) is 27.7 Å². The van der Waals surface area contributed by atoms with Crippen LogP contribution in [-0.4, -0.2) is 21.5 Å². The van der Waals surface area contributed by atoms with Gasteiger partial charge in [-0.25, -0.2) is 17.5 Å². The zero-order valence-electron chi connectivity index (χ0n) is 13.5. The Balaban J connectivity index is 3.20. The average molecular weight is 316 g/mol. The normalized spacial score (nSPS) is 14.2. The van der Waals surface area contributed by atoms with Crippen LogP contribution >= 0.6 is 0 Å². The molecule has 0 aliphatic heterocycles. The first kappa shape index (κ1) is 18.1. The second-order valence-electron chi connectivity index (χ2n) is 6.45. The molecule has 0 saturated heterocycles. The summed E-state index contributed by atoms with van der Waals surface area (Å²) in [6.45, 7) is 9.56. The van der Waals surface area contributed by atoms with Crippen molar-refractivity contribution in [3.63, 3.8) is 0 Å². The van der Waals surface area contributed by atoms with E-state index in [1.54, 1.807) is 14.0 Å². The molecule has 0 amide bonds. The molecule has 21 heavy (non-hydrogen) atoms. The maximum Gasteiger partial charge on any atom is 0.240 e. The lowest BCUT2D eigenvalue weighted by Crippen LogP contribution is -2.41. The maximum atomic E-state index is 14.0. The number of hydrogen-bond donors (Lipinski definition) is 2. The quantitative estimate of drug-likeness (QED) is 0.878. The summed E-state index contributed by atoms with van der Waals surface area (Å²) in [5, 5.41) is 2.84. The van der Waals surface area contributed by atoms with Crippen LogP contribution in [0, 0.1) is 18.2 Å². The highest BCUT2D eigenvalue weighted by Gasteiger charge is 2.26. The Bertz CT molecular complexity index is 607. The molecule has 0 aliphatic rings. The van der Waals surface area contributed by atoms with Gasteiger partial charge in [-0.2, -0.15) is 0 Å². The maximum absolute atomic E-state index is 14.0. The fraction of sp³-hybridized carbons (Fsp3) is 0.600. The van der Waals surface area contributed by atoms with Crippen molar-refractivity contribution in [3.05, 3.63) is 29.1 Å². The van der Waals surface area contributed by atoms with E-state index in [-0.39, 0.29) is 28.7 Å². The average Bonchev–Trinajstić information content (AvgIpc) is 2.33. The highest BCUT2D eigenvalue weighted by atomic mass is 32.2. The largest absolute Gasteiger partial charge is 0.316 e. The highest BCUT2D eigenvalue weighted by molar-refractivity contribution is 7.89. The molecule has 0 fully saturated rings. The van der Waals surface area contributed by atoms with Crippen LogP contribution in [0.5, 0.6) is 0 Å². The smallest absolute Gasteiger partial charge is 0.240 e. The zero-order valence-corrected chi connectivity index (χ0v) is 14.4. The summed E-state index contributed by atoms with van der Waals surface area (Å²) < 4.78 is 41.5. The molecule has 0 aromatic heterocycles. The van der Waals surface area contributed by atoms with Crippen LogP contribution in [0.25, 0.3) is 0 Å². The zero-order chi connectivity index (χ0) is 16.4. The van der Waals surface area contributed by atoms with Crippen LogP contribution in [0.1, 0.15) is 38.8 Å². The molecule has 6 heteroatoms. The molecule has 1 aromatic rings. The Kier molecular flexibility index (Phi) is 5.52. The first-order valence-electron chi connectivity index (χ1n) is 6.95. The highest BCUT2D eigenvalue weighted by Crippen LogP contribution is 2.23. The van der Waals surface area contributed by atoms with Gasteiger partial charge in [-0.1, -0.05) is 20.8 Å². The van der Waals surface area contributed by atoms with Gasteiger partial charge in [-0.3, -0.25) is 0 Å². The molecule has 1 unspecified atom stereocenters. The van der Waals surface area contributed by atoms with Gasteiger partial charge in [0, 0.05) is 18.2 Å². The third kappa shape index (κ3) is 4.49. The fourth-order valence-corrected chi connectivity index (χ4v) is 3.34. The molecular weight excluding hydrogens is 291 g/mol. The Hall–Kier alpha value is -0.980. The van der Waals surface area contributed by atoms with E-state index in [0.717, 1.165) is 0 Å². The number of aryl methyl sites for hydroxylation is 1. The first-order chi connectivity index (χ1) is 9.49. The fourth-order valence-electron chi connectivity index (χ4n) is 1.76. The predicted molar refractivity (Wildman–Crippen MR) is 83.1 cm³/mol. The van der Waals surface area contributed by atoms with E-state index in [9.17, 15) is 12.8 Å². The molecule has 120 valence electrons. The van der Waals surface area contributed by atoms with Crippen LogP contribution in [0.3, 0.4) is 0 Å². The summed E-state index contributed by atoms with van der Waals surface area (Å²) in [5.74, 6) is -0.368. The minimum Gasteiger partial charge on any atom is -0.316 e. The number of rotatable bonds is 5. The van der Waals surface area contributed by atoms with E-state index in [1.165, 1.54) is 12.1 Å². The standard InChI is InChI=1S/C15H25FN2O2S/c1-10-7-13(8-12(9-17-6)14(10)16)21(19,20)18-11(2)15(3,4)5/h7-8,11,17-18H,9H2,1-6H3. The van der Waals surface area contributed by atoms with Crippen molar-refractivity contribution in [1.29, 1.82) is 0 Å². The van der Waals surface area contributed by atoms with Crippen LogP contribution in [-0.2, 0) is 16.6 Å². The van der Waals surface area contributed by atoms with Crippen molar-refractivity contribution in [2.45, 2.75) is 52.1 Å². The summed E-state index contributed by atoms with van der Waals surface area (Å²) in [4.78, 5) is 0.0998. The third-order valence-electron chi connectivity index (χ3n) is 3.61. The van der Waals surface area contributed by atoms with E-state index in [0.29, 0.717) is 11.1 Å². The van der Waals surface area contributed by atoms with Gasteiger partial charge in [0.15, 0.2) is 0 Å². The Morgan fingerprint density at radius 2 is 1.86 bits per heavy atom. The molecule has 0 spiro atoms. The van der Waals surface area contributed by atoms with Crippen molar-refractivity contribution >= 4 is 10.0 Å². The summed E-state index contributed by atoms with van der Waals surface area (Å²) in [7, 11) is -1.98. The first-order valence-corrected chi connectivity index (χ1v) is 8.43. The van der Waals surface area contributed by atoms with Gasteiger partial charge in [0.1, 0.15) is 5.82 Å². The SMILES string of the molecule is CNCc1cc(S(=O)(=O)NC(C)C(C)(C)C)cc(C)c1F. The van der Waals surface area contributed by atoms with Crippen molar-refractivity contribution in [2.24, 2.45) is 5.41 Å². The monoisotopic (exact) mass is 316 g/mol. The lowest BCUT2D eigenvalue weighted by atomic mass is 9.89. The van der Waals surface area contributed by atoms with Gasteiger partial charge in [-0.15, -0.1) is 0 Å². The molecule has 0 saturated carbocycles. The molecule has 1 aromatic carbocycles. The summed E-state index contributed by atoms with van der Waals surface area (Å²) in [6, 6.07) is 2.52. The Morgan fingerprint density at radius 3 is 2.33 bits per heavy atom. The molecule has 0 aliphatic carbocycles. The van der Waals surface area contributed by atoms with Crippen LogP contribution in [0.15, 0.2) is 17.0 Å². The number of sulfonamides is 1. The van der Waals surface area contributed by atoms with Gasteiger partial charge < -0.3 is 5.32 Å². The Labute approximate surface area is 127 Å². The van der Waals surface area contributed by atoms with Crippen molar-refractivity contribution in [2.75, 3.05) is 7.05 Å². The molecule has 1 rings (SSSR count). The number of benzene rings is 1. The number of nitrogens with one attached hydrogen (secondary N) is 2. The molecule has 2 N–H and O–H groups in total. The molecule has 1 atom stereocenters. The molecule has 0 bridgehead atoms. The summed E-state index contributed by atoms with van der Waals surface area (Å²) >= 11 is 0. The molecule has 0 heterocycles. The van der Waals surface area contributed by atoms with Gasteiger partial charge in [0.25, 0.3) is 0 Å². The minimum absolute atomic E-state index is 0.0998. The predicted octanol–water partition coefficient (Wildman–Crippen LogP) is 2.57. The molecule has 4 nitrogen and oxygen atoms in total. The van der Waals surface area contributed by atoms with Crippen LogP contribution in [0.4, 0.5) is 4.39 Å². The number of hydrogen-bond acceptors (Lipinski definition) is 3. The van der Waals surface area contributed by atoms with Crippen molar-refractivity contribution in [1.82, 2.24) is 10.0 Å². The lowest BCUT2D eigenvalue weighted by Gasteiger charge is -2.28. The second-order valence-corrected chi connectivity index (χ2v) is 8.17. The van der Waals surface area contributed by atoms with Crippen LogP contribution in [0.2, 0.25) is 0 Å². The van der Waals surface area contributed by atoms with E-state index >= 15 is 0 Å². The van der Waals surface area contributed by atoms with Gasteiger partial charge in [0.2, 0.25) is 10.0 Å². The van der Waals surface area contributed by atoms with Crippen molar-refractivity contribution < 1.29 is 12.8 Å². The topological polar surface area (TPSA) is 58.2 Å². The van der Waals surface area contributed by atoms with Gasteiger partial charge >= 0.3 is 0 Å². The van der Waals surface area contributed by atoms with Gasteiger partial charge in [0.05, 0.1) is 4.90 Å². The molecular formula is C15H25FN2O2S. The summed E-state index contributed by atoms with van der Waals surface area (Å²) in [5.41, 5.74) is 0.475. The molecule has 0 radical (unpaired) electrons. The van der Waals surface area contributed by atoms with E-state index in [2.05, 4.69) is 10.0 Å². The van der Waals surface area contributed by atoms with Gasteiger partial charge in [-0.05, 0) is 44.0 Å². The van der Waals surface area contributed by atoms with Crippen molar-refractivity contribution in [3.8, 4) is 0 Å². The lowest BCUT2D eigenvalue weighted by molar-refractivity contribution is 0.317. The van der Waals surface area contributed by atoms with E-state index in [4.69, 9.17) is 0 Å². The second kappa shape index (κ2) is 6.42.